The topological polar surface area (TPSA) is 49.7 Å². The number of benzene rings is 1. The van der Waals surface area contributed by atoms with Crippen LogP contribution < -0.4 is 0 Å². The second kappa shape index (κ2) is 4.61. The summed E-state index contributed by atoms with van der Waals surface area (Å²) in [4.78, 5) is 15.3. The molecule has 1 aromatic rings. The lowest BCUT2D eigenvalue weighted by Gasteiger charge is -2.28. The molecule has 1 N–H and O–H groups in total. The summed E-state index contributed by atoms with van der Waals surface area (Å²) in [5.74, 6) is -1.05. The molecule has 1 atom stereocenters. The van der Waals surface area contributed by atoms with E-state index in [0.717, 1.165) is 12.1 Å². The molecule has 0 saturated heterocycles. The largest absolute Gasteiger partial charge is 0.481 e. The van der Waals surface area contributed by atoms with Crippen LogP contribution in [0.1, 0.15) is 37.8 Å². The fraction of sp³-hybridized carbons (Fsp3) is 0.429. The van der Waals surface area contributed by atoms with E-state index in [1.54, 1.807) is 13.8 Å². The number of halogens is 3. The number of aliphatic imine (C=N–C) groups is 1. The van der Waals surface area contributed by atoms with E-state index < -0.39 is 23.1 Å². The Hall–Kier alpha value is -1.85. The molecule has 20 heavy (non-hydrogen) atoms. The van der Waals surface area contributed by atoms with Gasteiger partial charge in [0.2, 0.25) is 0 Å². The molecule has 0 amide bonds. The van der Waals surface area contributed by atoms with Crippen LogP contribution in [0.25, 0.3) is 0 Å². The summed E-state index contributed by atoms with van der Waals surface area (Å²) in [6.45, 7) is 3.43. The predicted molar refractivity (Wildman–Crippen MR) is 68.4 cm³/mol. The highest BCUT2D eigenvalue weighted by Gasteiger charge is 2.43. The van der Waals surface area contributed by atoms with Crippen LogP contribution >= 0.6 is 0 Å². The van der Waals surface area contributed by atoms with Crippen LogP contribution in [0.15, 0.2) is 23.2 Å². The van der Waals surface area contributed by atoms with Gasteiger partial charge in [-0.2, -0.15) is 13.2 Å². The van der Waals surface area contributed by atoms with Crippen molar-refractivity contribution in [3.8, 4) is 0 Å². The molecular formula is C14H14F3NO2. The monoisotopic (exact) mass is 285 g/mol. The van der Waals surface area contributed by atoms with E-state index >= 15 is 0 Å². The van der Waals surface area contributed by atoms with Crippen molar-refractivity contribution in [1.82, 2.24) is 0 Å². The molecule has 1 aromatic carbocycles. The van der Waals surface area contributed by atoms with Crippen LogP contribution in [-0.2, 0) is 16.4 Å². The van der Waals surface area contributed by atoms with E-state index in [0.29, 0.717) is 23.4 Å². The van der Waals surface area contributed by atoms with Gasteiger partial charge in [-0.1, -0.05) is 6.92 Å². The maximum absolute atomic E-state index is 12.8. The number of nitrogens with zero attached hydrogens (tertiary/aromatic N) is 1. The normalized spacial score (nSPS) is 21.6. The van der Waals surface area contributed by atoms with Gasteiger partial charge in [0.25, 0.3) is 0 Å². The molecule has 0 fully saturated rings. The van der Waals surface area contributed by atoms with Crippen molar-refractivity contribution in [2.24, 2.45) is 4.99 Å². The zero-order valence-electron chi connectivity index (χ0n) is 11.1. The van der Waals surface area contributed by atoms with E-state index in [1.165, 1.54) is 6.07 Å². The molecule has 1 aliphatic rings. The van der Waals surface area contributed by atoms with Gasteiger partial charge in [0.05, 0.1) is 17.7 Å². The smallest absolute Gasteiger partial charge is 0.416 e. The molecule has 0 aliphatic carbocycles. The molecule has 0 bridgehead atoms. The van der Waals surface area contributed by atoms with Gasteiger partial charge in [0, 0.05) is 11.1 Å². The van der Waals surface area contributed by atoms with Crippen LogP contribution in [0.3, 0.4) is 0 Å². The van der Waals surface area contributed by atoms with Crippen LogP contribution in [-0.4, -0.2) is 16.8 Å². The van der Waals surface area contributed by atoms with E-state index in [2.05, 4.69) is 4.99 Å². The van der Waals surface area contributed by atoms with Crippen molar-refractivity contribution < 1.29 is 23.1 Å². The molecule has 108 valence electrons. The average Bonchev–Trinajstić information content (AvgIpc) is 2.60. The van der Waals surface area contributed by atoms with Gasteiger partial charge >= 0.3 is 12.1 Å². The summed E-state index contributed by atoms with van der Waals surface area (Å²) < 4.78 is 38.5. The first-order valence-electron chi connectivity index (χ1n) is 6.20. The highest BCUT2D eigenvalue weighted by Crippen LogP contribution is 2.46. The van der Waals surface area contributed by atoms with Crippen molar-refractivity contribution in [1.29, 1.82) is 0 Å². The number of fused-ring (bicyclic) bond motifs is 1. The van der Waals surface area contributed by atoms with Gasteiger partial charge in [-0.05, 0) is 37.1 Å². The van der Waals surface area contributed by atoms with E-state index in [1.807, 2.05) is 0 Å². The van der Waals surface area contributed by atoms with Gasteiger partial charge in [-0.15, -0.1) is 0 Å². The maximum Gasteiger partial charge on any atom is 0.416 e. The standard InChI is InChI=1S/C14H14F3NO2/c1-3-13(7-12(19)20)8(2)18-11-5-4-9(6-10(11)13)14(15,16)17/h4-6H,3,7H2,1-2H3,(H,19,20). The fourth-order valence-electron chi connectivity index (χ4n) is 2.73. The van der Waals surface area contributed by atoms with Gasteiger partial charge in [-0.25, -0.2) is 0 Å². The van der Waals surface area contributed by atoms with E-state index in [4.69, 9.17) is 5.11 Å². The highest BCUT2D eigenvalue weighted by atomic mass is 19.4. The van der Waals surface area contributed by atoms with Gasteiger partial charge in [0.1, 0.15) is 0 Å². The van der Waals surface area contributed by atoms with Crippen molar-refractivity contribution in [2.45, 2.75) is 38.3 Å². The number of hydrogen-bond donors (Lipinski definition) is 1. The van der Waals surface area contributed by atoms with Crippen LogP contribution in [0.2, 0.25) is 0 Å². The summed E-state index contributed by atoms with van der Waals surface area (Å²) in [5, 5.41) is 9.07. The van der Waals surface area contributed by atoms with Crippen LogP contribution in [0, 0.1) is 0 Å². The molecule has 1 heterocycles. The number of hydrogen-bond acceptors (Lipinski definition) is 2. The van der Waals surface area contributed by atoms with Crippen molar-refractivity contribution >= 4 is 17.4 Å². The second-order valence-corrected chi connectivity index (χ2v) is 4.93. The molecule has 6 heteroatoms. The van der Waals surface area contributed by atoms with Crippen molar-refractivity contribution in [3.63, 3.8) is 0 Å². The van der Waals surface area contributed by atoms with Crippen LogP contribution in [0.4, 0.5) is 18.9 Å². The zero-order chi connectivity index (χ0) is 15.1. The minimum atomic E-state index is -4.45. The lowest BCUT2D eigenvalue weighted by atomic mass is 9.73. The Bertz CT molecular complexity index is 593. The third-order valence-electron chi connectivity index (χ3n) is 3.88. The third-order valence-corrected chi connectivity index (χ3v) is 3.88. The minimum Gasteiger partial charge on any atom is -0.481 e. The quantitative estimate of drug-likeness (QED) is 0.914. The summed E-state index contributed by atoms with van der Waals surface area (Å²) in [6.07, 6.45) is -4.32. The Kier molecular flexibility index (Phi) is 3.36. The van der Waals surface area contributed by atoms with E-state index in [9.17, 15) is 18.0 Å². The number of carboxylic acids is 1. The SMILES string of the molecule is CCC1(CC(=O)O)C(C)=Nc2ccc(C(F)(F)F)cc21. The first kappa shape index (κ1) is 14.6. The lowest BCUT2D eigenvalue weighted by molar-refractivity contribution is -0.138. The Morgan fingerprint density at radius 2 is 2.05 bits per heavy atom. The zero-order valence-corrected chi connectivity index (χ0v) is 11.1. The first-order chi connectivity index (χ1) is 9.20. The summed E-state index contributed by atoms with van der Waals surface area (Å²) in [6, 6.07) is 3.31. The first-order valence-corrected chi connectivity index (χ1v) is 6.20. The molecule has 0 saturated carbocycles. The fourth-order valence-corrected chi connectivity index (χ4v) is 2.73. The van der Waals surface area contributed by atoms with Gasteiger partial charge < -0.3 is 5.11 Å². The van der Waals surface area contributed by atoms with E-state index in [-0.39, 0.29) is 6.42 Å². The molecule has 3 nitrogen and oxygen atoms in total. The summed E-state index contributed by atoms with van der Waals surface area (Å²) in [7, 11) is 0. The Balaban J connectivity index is 2.60. The number of rotatable bonds is 3. The Morgan fingerprint density at radius 3 is 2.55 bits per heavy atom. The number of carbonyl (C=O) groups is 1. The highest BCUT2D eigenvalue weighted by molar-refractivity contribution is 6.02. The number of carboxylic acid groups (broad SMARTS) is 1. The van der Waals surface area contributed by atoms with Crippen molar-refractivity contribution in [2.75, 3.05) is 0 Å². The predicted octanol–water partition coefficient (Wildman–Crippen LogP) is 3.93. The lowest BCUT2D eigenvalue weighted by Crippen LogP contribution is -2.33. The average molecular weight is 285 g/mol. The van der Waals surface area contributed by atoms with Crippen LogP contribution in [0.5, 0.6) is 0 Å². The molecule has 0 spiro atoms. The summed E-state index contributed by atoms with van der Waals surface area (Å²) in [5.41, 5.74) is -0.378. The number of alkyl halides is 3. The number of aliphatic carboxylic acids is 1. The van der Waals surface area contributed by atoms with Gasteiger partial charge in [-0.3, -0.25) is 9.79 Å². The summed E-state index contributed by atoms with van der Waals surface area (Å²) >= 11 is 0. The van der Waals surface area contributed by atoms with Gasteiger partial charge in [0.15, 0.2) is 0 Å². The molecule has 0 radical (unpaired) electrons. The molecular weight excluding hydrogens is 271 g/mol. The second-order valence-electron chi connectivity index (χ2n) is 4.93. The molecule has 1 aliphatic heterocycles. The Morgan fingerprint density at radius 1 is 1.40 bits per heavy atom. The Labute approximate surface area is 114 Å². The molecule has 0 aromatic heterocycles. The third kappa shape index (κ3) is 2.19. The molecule has 1 unspecified atom stereocenters. The molecule has 2 rings (SSSR count). The maximum atomic E-state index is 12.8. The van der Waals surface area contributed by atoms with Crippen molar-refractivity contribution in [3.05, 3.63) is 29.3 Å². The minimum absolute atomic E-state index is 0.257.